The van der Waals surface area contributed by atoms with Crippen molar-refractivity contribution in [3.05, 3.63) is 47.5 Å². The summed E-state index contributed by atoms with van der Waals surface area (Å²) in [5, 5.41) is 5.17. The number of benzene rings is 2. The number of fused-ring (bicyclic) bond motifs is 1. The van der Waals surface area contributed by atoms with Gasteiger partial charge in [-0.1, -0.05) is 30.3 Å². The SMILES string of the molecule is Cc1cccc2cccc(C(=O)NC(C)(C)C)c12. The van der Waals surface area contributed by atoms with Gasteiger partial charge in [-0.2, -0.15) is 0 Å². The van der Waals surface area contributed by atoms with E-state index in [0.29, 0.717) is 0 Å². The Labute approximate surface area is 108 Å². The van der Waals surface area contributed by atoms with Crippen LogP contribution in [0.3, 0.4) is 0 Å². The summed E-state index contributed by atoms with van der Waals surface area (Å²) >= 11 is 0. The Kier molecular flexibility index (Phi) is 3.12. The summed E-state index contributed by atoms with van der Waals surface area (Å²) in [6.07, 6.45) is 0. The van der Waals surface area contributed by atoms with E-state index < -0.39 is 0 Å². The first-order valence-electron chi connectivity index (χ1n) is 6.19. The Bertz CT molecular complexity index is 588. The average Bonchev–Trinajstić information content (AvgIpc) is 2.26. The van der Waals surface area contributed by atoms with Crippen LogP contribution < -0.4 is 5.32 Å². The van der Waals surface area contributed by atoms with Crippen molar-refractivity contribution in [3.8, 4) is 0 Å². The highest BCUT2D eigenvalue weighted by atomic mass is 16.1. The first-order valence-corrected chi connectivity index (χ1v) is 6.19. The number of nitrogens with one attached hydrogen (secondary N) is 1. The highest BCUT2D eigenvalue weighted by Crippen LogP contribution is 2.23. The molecule has 0 aliphatic carbocycles. The lowest BCUT2D eigenvalue weighted by atomic mass is 9.98. The van der Waals surface area contributed by atoms with Crippen LogP contribution in [0.15, 0.2) is 36.4 Å². The van der Waals surface area contributed by atoms with E-state index >= 15 is 0 Å². The van der Waals surface area contributed by atoms with Gasteiger partial charge >= 0.3 is 0 Å². The Hall–Kier alpha value is -1.83. The van der Waals surface area contributed by atoms with Crippen molar-refractivity contribution in [2.45, 2.75) is 33.2 Å². The second-order valence-electron chi connectivity index (χ2n) is 5.68. The van der Waals surface area contributed by atoms with E-state index in [4.69, 9.17) is 0 Å². The lowest BCUT2D eigenvalue weighted by Gasteiger charge is -2.21. The normalized spacial score (nSPS) is 11.6. The van der Waals surface area contributed by atoms with E-state index in [1.165, 1.54) is 0 Å². The smallest absolute Gasteiger partial charge is 0.252 e. The van der Waals surface area contributed by atoms with Crippen LogP contribution in [0.1, 0.15) is 36.7 Å². The van der Waals surface area contributed by atoms with E-state index in [9.17, 15) is 4.79 Å². The molecule has 0 aromatic heterocycles. The molecule has 18 heavy (non-hydrogen) atoms. The van der Waals surface area contributed by atoms with Crippen molar-refractivity contribution < 1.29 is 4.79 Å². The Morgan fingerprint density at radius 3 is 2.28 bits per heavy atom. The molecule has 0 fully saturated rings. The van der Waals surface area contributed by atoms with Crippen LogP contribution in [0.4, 0.5) is 0 Å². The van der Waals surface area contributed by atoms with Crippen LogP contribution in [-0.2, 0) is 0 Å². The monoisotopic (exact) mass is 241 g/mol. The molecule has 2 heteroatoms. The van der Waals surface area contributed by atoms with E-state index in [-0.39, 0.29) is 11.4 Å². The number of amides is 1. The van der Waals surface area contributed by atoms with E-state index in [1.807, 2.05) is 64.1 Å². The molecule has 94 valence electrons. The third kappa shape index (κ3) is 2.53. The van der Waals surface area contributed by atoms with Gasteiger partial charge in [0.2, 0.25) is 0 Å². The van der Waals surface area contributed by atoms with Crippen LogP contribution in [0.5, 0.6) is 0 Å². The first-order chi connectivity index (χ1) is 8.38. The van der Waals surface area contributed by atoms with Gasteiger partial charge in [0.25, 0.3) is 5.91 Å². The fourth-order valence-corrected chi connectivity index (χ4v) is 2.13. The maximum absolute atomic E-state index is 12.3. The van der Waals surface area contributed by atoms with Gasteiger partial charge in [0.1, 0.15) is 0 Å². The highest BCUT2D eigenvalue weighted by Gasteiger charge is 2.17. The number of hydrogen-bond acceptors (Lipinski definition) is 1. The molecular formula is C16H19NO. The molecule has 0 heterocycles. The van der Waals surface area contributed by atoms with Crippen LogP contribution in [-0.4, -0.2) is 11.4 Å². The van der Waals surface area contributed by atoms with Gasteiger partial charge in [-0.05, 0) is 50.1 Å². The molecule has 0 saturated heterocycles. The molecule has 0 saturated carbocycles. The summed E-state index contributed by atoms with van der Waals surface area (Å²) in [7, 11) is 0. The zero-order chi connectivity index (χ0) is 13.3. The van der Waals surface area contributed by atoms with Crippen LogP contribution >= 0.6 is 0 Å². The maximum atomic E-state index is 12.3. The maximum Gasteiger partial charge on any atom is 0.252 e. The molecule has 0 spiro atoms. The van der Waals surface area contributed by atoms with Gasteiger partial charge in [-0.25, -0.2) is 0 Å². The number of aryl methyl sites for hydroxylation is 1. The zero-order valence-corrected chi connectivity index (χ0v) is 11.4. The lowest BCUT2D eigenvalue weighted by Crippen LogP contribution is -2.40. The van der Waals surface area contributed by atoms with Crippen molar-refractivity contribution in [2.24, 2.45) is 0 Å². The quantitative estimate of drug-likeness (QED) is 0.810. The fraction of sp³-hybridized carbons (Fsp3) is 0.312. The number of carbonyl (C=O) groups excluding carboxylic acids is 1. The third-order valence-corrected chi connectivity index (χ3v) is 2.85. The Morgan fingerprint density at radius 1 is 1.06 bits per heavy atom. The van der Waals surface area contributed by atoms with Gasteiger partial charge in [-0.15, -0.1) is 0 Å². The predicted octanol–water partition coefficient (Wildman–Crippen LogP) is 3.68. The molecule has 0 atom stereocenters. The number of hydrogen-bond donors (Lipinski definition) is 1. The molecule has 2 aromatic carbocycles. The summed E-state index contributed by atoms with van der Waals surface area (Å²) in [6.45, 7) is 8.00. The Balaban J connectivity index is 2.55. The van der Waals surface area contributed by atoms with E-state index in [2.05, 4.69) is 5.32 Å². The molecule has 2 nitrogen and oxygen atoms in total. The van der Waals surface area contributed by atoms with E-state index in [0.717, 1.165) is 21.9 Å². The third-order valence-electron chi connectivity index (χ3n) is 2.85. The summed E-state index contributed by atoms with van der Waals surface area (Å²) in [6, 6.07) is 11.9. The minimum atomic E-state index is -0.220. The first kappa shape index (κ1) is 12.6. The average molecular weight is 241 g/mol. The largest absolute Gasteiger partial charge is 0.347 e. The number of rotatable bonds is 1. The summed E-state index contributed by atoms with van der Waals surface area (Å²) in [4.78, 5) is 12.3. The molecular weight excluding hydrogens is 222 g/mol. The van der Waals surface area contributed by atoms with Crippen LogP contribution in [0.2, 0.25) is 0 Å². The van der Waals surface area contributed by atoms with E-state index in [1.54, 1.807) is 0 Å². The molecule has 1 amide bonds. The topological polar surface area (TPSA) is 29.1 Å². The van der Waals surface area contributed by atoms with Crippen molar-refractivity contribution in [1.29, 1.82) is 0 Å². The predicted molar refractivity (Wildman–Crippen MR) is 75.9 cm³/mol. The molecule has 0 bridgehead atoms. The van der Waals surface area contributed by atoms with Gasteiger partial charge < -0.3 is 5.32 Å². The lowest BCUT2D eigenvalue weighted by molar-refractivity contribution is 0.0921. The van der Waals surface area contributed by atoms with Crippen LogP contribution in [0, 0.1) is 6.92 Å². The summed E-state index contributed by atoms with van der Waals surface area (Å²) in [5.74, 6) is -0.0117. The summed E-state index contributed by atoms with van der Waals surface area (Å²) < 4.78 is 0. The van der Waals surface area contributed by atoms with Crippen LogP contribution in [0.25, 0.3) is 10.8 Å². The van der Waals surface area contributed by atoms with Gasteiger partial charge in [0.15, 0.2) is 0 Å². The minimum absolute atomic E-state index is 0.0117. The van der Waals surface area contributed by atoms with Gasteiger partial charge in [0.05, 0.1) is 0 Å². The zero-order valence-electron chi connectivity index (χ0n) is 11.4. The van der Waals surface area contributed by atoms with Crippen molar-refractivity contribution in [2.75, 3.05) is 0 Å². The molecule has 0 radical (unpaired) electrons. The minimum Gasteiger partial charge on any atom is -0.347 e. The molecule has 2 aromatic rings. The van der Waals surface area contributed by atoms with Gasteiger partial charge in [0, 0.05) is 11.1 Å². The van der Waals surface area contributed by atoms with Gasteiger partial charge in [-0.3, -0.25) is 4.79 Å². The second-order valence-corrected chi connectivity index (χ2v) is 5.68. The fourth-order valence-electron chi connectivity index (χ4n) is 2.13. The van der Waals surface area contributed by atoms with Crippen molar-refractivity contribution in [1.82, 2.24) is 5.32 Å². The Morgan fingerprint density at radius 2 is 1.67 bits per heavy atom. The molecule has 0 aliphatic rings. The molecule has 2 rings (SSSR count). The van der Waals surface area contributed by atoms with Crippen molar-refractivity contribution in [3.63, 3.8) is 0 Å². The second kappa shape index (κ2) is 4.45. The van der Waals surface area contributed by atoms with Crippen molar-refractivity contribution >= 4 is 16.7 Å². The standard InChI is InChI=1S/C16H19NO/c1-11-7-5-8-12-9-6-10-13(14(11)12)15(18)17-16(2,3)4/h5-10H,1-4H3,(H,17,18). The number of carbonyl (C=O) groups is 1. The molecule has 0 unspecified atom stereocenters. The molecule has 1 N–H and O–H groups in total. The highest BCUT2D eigenvalue weighted by molar-refractivity contribution is 6.08. The molecule has 0 aliphatic heterocycles. The summed E-state index contributed by atoms with van der Waals surface area (Å²) in [5.41, 5.74) is 1.66.